The molecule has 1 aromatic heterocycles. The minimum absolute atomic E-state index is 0.0827. The highest BCUT2D eigenvalue weighted by atomic mass is 16.3. The fourth-order valence-electron chi connectivity index (χ4n) is 0.953. The third-order valence-corrected chi connectivity index (χ3v) is 1.57. The highest BCUT2D eigenvalue weighted by Crippen LogP contribution is 2.01. The molecule has 0 aliphatic carbocycles. The van der Waals surface area contributed by atoms with Gasteiger partial charge in [-0.25, -0.2) is 0 Å². The predicted molar refractivity (Wildman–Crippen MR) is 44.2 cm³/mol. The van der Waals surface area contributed by atoms with Crippen LogP contribution in [0.1, 0.15) is 24.6 Å². The van der Waals surface area contributed by atoms with Crippen LogP contribution in [0.2, 0.25) is 0 Å². The number of rotatable bonds is 3. The van der Waals surface area contributed by atoms with E-state index in [0.29, 0.717) is 0 Å². The third kappa shape index (κ3) is 2.31. The molecule has 1 rings (SSSR count). The van der Waals surface area contributed by atoms with E-state index in [1.807, 2.05) is 12.1 Å². The number of hydrogen-bond acceptors (Lipinski definition) is 2. The van der Waals surface area contributed by atoms with Crippen LogP contribution in [0.15, 0.2) is 18.3 Å². The number of nitrogens with zero attached hydrogens (tertiary/aromatic N) is 1. The molecule has 11 heavy (non-hydrogen) atoms. The molecular formula is C9H13NO. The number of hydrogen-bond donors (Lipinski definition) is 1. The fourth-order valence-corrected chi connectivity index (χ4v) is 0.953. The Morgan fingerprint density at radius 1 is 1.45 bits per heavy atom. The summed E-state index contributed by atoms with van der Waals surface area (Å²) in [5.74, 6) is 0. The standard InChI is InChI=1S/C9H13NO/c1-2-3-9-5-4-8(7-11)6-10-9/h4-6,11H,2-3,7H2,1H3. The van der Waals surface area contributed by atoms with Crippen molar-refractivity contribution >= 4 is 0 Å². The number of aliphatic hydroxyl groups excluding tert-OH is 1. The predicted octanol–water partition coefficient (Wildman–Crippen LogP) is 1.53. The Labute approximate surface area is 66.9 Å². The SMILES string of the molecule is CCCc1ccc(CO)cn1. The van der Waals surface area contributed by atoms with E-state index in [9.17, 15) is 0 Å². The number of aromatic nitrogens is 1. The second-order valence-electron chi connectivity index (χ2n) is 2.57. The van der Waals surface area contributed by atoms with Crippen molar-refractivity contribution in [2.75, 3.05) is 0 Å². The molecule has 0 saturated carbocycles. The highest BCUT2D eigenvalue weighted by Gasteiger charge is 1.92. The maximum atomic E-state index is 8.72. The van der Waals surface area contributed by atoms with Crippen molar-refractivity contribution in [1.29, 1.82) is 0 Å². The van der Waals surface area contributed by atoms with E-state index in [-0.39, 0.29) is 6.61 Å². The lowest BCUT2D eigenvalue weighted by Crippen LogP contribution is -1.90. The first-order valence-corrected chi connectivity index (χ1v) is 3.91. The molecule has 1 aromatic rings. The van der Waals surface area contributed by atoms with Crippen LogP contribution < -0.4 is 0 Å². The lowest BCUT2D eigenvalue weighted by molar-refractivity contribution is 0.281. The van der Waals surface area contributed by atoms with E-state index in [0.717, 1.165) is 24.1 Å². The van der Waals surface area contributed by atoms with Gasteiger partial charge in [0.05, 0.1) is 6.61 Å². The second-order valence-corrected chi connectivity index (χ2v) is 2.57. The first-order valence-electron chi connectivity index (χ1n) is 3.91. The van der Waals surface area contributed by atoms with E-state index in [1.54, 1.807) is 6.20 Å². The van der Waals surface area contributed by atoms with E-state index < -0.39 is 0 Å². The van der Waals surface area contributed by atoms with Crippen LogP contribution in [-0.2, 0) is 13.0 Å². The van der Waals surface area contributed by atoms with Gasteiger partial charge >= 0.3 is 0 Å². The maximum Gasteiger partial charge on any atom is 0.0696 e. The first kappa shape index (κ1) is 8.21. The van der Waals surface area contributed by atoms with E-state index >= 15 is 0 Å². The summed E-state index contributed by atoms with van der Waals surface area (Å²) >= 11 is 0. The molecule has 0 aliphatic heterocycles. The molecule has 0 saturated heterocycles. The summed E-state index contributed by atoms with van der Waals surface area (Å²) in [6, 6.07) is 3.88. The van der Waals surface area contributed by atoms with Gasteiger partial charge in [0.2, 0.25) is 0 Å². The molecule has 0 atom stereocenters. The van der Waals surface area contributed by atoms with Gasteiger partial charge < -0.3 is 5.11 Å². The Balaban J connectivity index is 2.66. The Kier molecular flexibility index (Phi) is 3.05. The maximum absolute atomic E-state index is 8.72. The Hall–Kier alpha value is -0.890. The number of pyridine rings is 1. The Morgan fingerprint density at radius 2 is 2.27 bits per heavy atom. The van der Waals surface area contributed by atoms with Gasteiger partial charge in [0.1, 0.15) is 0 Å². The molecule has 2 nitrogen and oxygen atoms in total. The normalized spacial score (nSPS) is 10.0. The summed E-state index contributed by atoms with van der Waals surface area (Å²) in [6.07, 6.45) is 3.86. The van der Waals surface area contributed by atoms with Crippen molar-refractivity contribution in [1.82, 2.24) is 4.98 Å². The van der Waals surface area contributed by atoms with Gasteiger partial charge in [0.15, 0.2) is 0 Å². The molecule has 0 aliphatic rings. The van der Waals surface area contributed by atoms with Crippen molar-refractivity contribution in [3.8, 4) is 0 Å². The van der Waals surface area contributed by atoms with Crippen LogP contribution in [0.4, 0.5) is 0 Å². The van der Waals surface area contributed by atoms with E-state index in [1.165, 1.54) is 0 Å². The van der Waals surface area contributed by atoms with Crippen molar-refractivity contribution < 1.29 is 5.11 Å². The first-order chi connectivity index (χ1) is 5.36. The smallest absolute Gasteiger partial charge is 0.0696 e. The second kappa shape index (κ2) is 4.09. The highest BCUT2D eigenvalue weighted by molar-refractivity contribution is 5.12. The topological polar surface area (TPSA) is 33.1 Å². The van der Waals surface area contributed by atoms with Crippen molar-refractivity contribution in [3.05, 3.63) is 29.6 Å². The summed E-state index contributed by atoms with van der Waals surface area (Å²) in [5, 5.41) is 8.72. The summed E-state index contributed by atoms with van der Waals surface area (Å²) in [4.78, 5) is 4.18. The molecule has 0 spiro atoms. The Morgan fingerprint density at radius 3 is 2.73 bits per heavy atom. The molecule has 0 aromatic carbocycles. The minimum atomic E-state index is 0.0827. The molecular weight excluding hydrogens is 138 g/mol. The zero-order valence-corrected chi connectivity index (χ0v) is 6.75. The van der Waals surface area contributed by atoms with Crippen LogP contribution in [0.25, 0.3) is 0 Å². The molecule has 1 heterocycles. The van der Waals surface area contributed by atoms with Gasteiger partial charge in [-0.05, 0) is 18.1 Å². The average Bonchev–Trinajstić information content (AvgIpc) is 2.07. The summed E-state index contributed by atoms with van der Waals surface area (Å²) in [7, 11) is 0. The molecule has 0 radical (unpaired) electrons. The molecule has 1 N–H and O–H groups in total. The number of aryl methyl sites for hydroxylation is 1. The molecule has 0 bridgehead atoms. The lowest BCUT2D eigenvalue weighted by Gasteiger charge is -1.98. The summed E-state index contributed by atoms with van der Waals surface area (Å²) < 4.78 is 0. The fraction of sp³-hybridized carbons (Fsp3) is 0.444. The molecule has 0 fully saturated rings. The third-order valence-electron chi connectivity index (χ3n) is 1.57. The van der Waals surface area contributed by atoms with Crippen LogP contribution in [0.3, 0.4) is 0 Å². The molecule has 60 valence electrons. The molecule has 0 amide bonds. The zero-order valence-electron chi connectivity index (χ0n) is 6.75. The summed E-state index contributed by atoms with van der Waals surface area (Å²) in [5.41, 5.74) is 1.98. The minimum Gasteiger partial charge on any atom is -0.392 e. The van der Waals surface area contributed by atoms with Crippen LogP contribution in [0, 0.1) is 0 Å². The van der Waals surface area contributed by atoms with Gasteiger partial charge in [-0.15, -0.1) is 0 Å². The van der Waals surface area contributed by atoms with E-state index in [4.69, 9.17) is 5.11 Å². The van der Waals surface area contributed by atoms with Gasteiger partial charge in [-0.1, -0.05) is 19.4 Å². The van der Waals surface area contributed by atoms with Crippen LogP contribution in [-0.4, -0.2) is 10.1 Å². The van der Waals surface area contributed by atoms with Gasteiger partial charge in [0.25, 0.3) is 0 Å². The molecule has 2 heteroatoms. The van der Waals surface area contributed by atoms with Gasteiger partial charge in [-0.3, -0.25) is 4.98 Å². The van der Waals surface area contributed by atoms with Crippen molar-refractivity contribution in [2.45, 2.75) is 26.4 Å². The van der Waals surface area contributed by atoms with Crippen molar-refractivity contribution in [3.63, 3.8) is 0 Å². The number of aliphatic hydroxyl groups is 1. The average molecular weight is 151 g/mol. The van der Waals surface area contributed by atoms with Gasteiger partial charge in [-0.2, -0.15) is 0 Å². The lowest BCUT2D eigenvalue weighted by atomic mass is 10.2. The quantitative estimate of drug-likeness (QED) is 0.710. The van der Waals surface area contributed by atoms with E-state index in [2.05, 4.69) is 11.9 Å². The van der Waals surface area contributed by atoms with Crippen LogP contribution in [0.5, 0.6) is 0 Å². The van der Waals surface area contributed by atoms with Crippen LogP contribution >= 0.6 is 0 Å². The monoisotopic (exact) mass is 151 g/mol. The van der Waals surface area contributed by atoms with Gasteiger partial charge in [0, 0.05) is 11.9 Å². The summed E-state index contributed by atoms with van der Waals surface area (Å²) in [6.45, 7) is 2.21. The van der Waals surface area contributed by atoms with Crippen molar-refractivity contribution in [2.24, 2.45) is 0 Å². The Bertz CT molecular complexity index is 205. The molecule has 0 unspecified atom stereocenters. The largest absolute Gasteiger partial charge is 0.392 e. The zero-order chi connectivity index (χ0) is 8.10.